The standard InChI is InChI=1S/C14H17N3O2/c1-2-19-12-8-14(18,9-12)13-10-15-16-17(13)11-6-4-3-5-7-11/h3-7,10,12,18H,2,8-9H2,1H3. The second-order valence-corrected chi connectivity index (χ2v) is 4.88. The highest BCUT2D eigenvalue weighted by molar-refractivity contribution is 5.33. The highest BCUT2D eigenvalue weighted by Gasteiger charge is 2.47. The molecule has 0 bridgehead atoms. The first kappa shape index (κ1) is 12.3. The van der Waals surface area contributed by atoms with Crippen LogP contribution < -0.4 is 0 Å². The van der Waals surface area contributed by atoms with Crippen LogP contribution in [0.15, 0.2) is 36.5 Å². The molecule has 3 rings (SSSR count). The fourth-order valence-corrected chi connectivity index (χ4v) is 2.57. The maximum Gasteiger partial charge on any atom is 0.113 e. The fourth-order valence-electron chi connectivity index (χ4n) is 2.57. The molecule has 5 heteroatoms. The van der Waals surface area contributed by atoms with Gasteiger partial charge in [0.15, 0.2) is 0 Å². The predicted molar refractivity (Wildman–Crippen MR) is 69.9 cm³/mol. The first-order valence-corrected chi connectivity index (χ1v) is 6.53. The second-order valence-electron chi connectivity index (χ2n) is 4.88. The molecule has 0 spiro atoms. The van der Waals surface area contributed by atoms with Crippen LogP contribution in [0.3, 0.4) is 0 Å². The van der Waals surface area contributed by atoms with Crippen LogP contribution in [0.1, 0.15) is 25.5 Å². The van der Waals surface area contributed by atoms with Gasteiger partial charge in [-0.1, -0.05) is 23.4 Å². The van der Waals surface area contributed by atoms with Gasteiger partial charge >= 0.3 is 0 Å². The molecule has 1 aliphatic carbocycles. The van der Waals surface area contributed by atoms with Gasteiger partial charge in [0.05, 0.1) is 23.7 Å². The molecule has 1 N–H and O–H groups in total. The van der Waals surface area contributed by atoms with Gasteiger partial charge in [-0.15, -0.1) is 5.10 Å². The third-order valence-electron chi connectivity index (χ3n) is 3.56. The van der Waals surface area contributed by atoms with Gasteiger partial charge in [-0.2, -0.15) is 0 Å². The van der Waals surface area contributed by atoms with Gasteiger partial charge in [0, 0.05) is 19.4 Å². The number of hydrogen-bond acceptors (Lipinski definition) is 4. The van der Waals surface area contributed by atoms with Crippen LogP contribution in [0.4, 0.5) is 0 Å². The lowest BCUT2D eigenvalue weighted by molar-refractivity contribution is -0.145. The Morgan fingerprint density at radius 2 is 2.11 bits per heavy atom. The molecular formula is C14H17N3O2. The van der Waals surface area contributed by atoms with E-state index >= 15 is 0 Å². The highest BCUT2D eigenvalue weighted by Crippen LogP contribution is 2.43. The number of rotatable bonds is 4. The normalized spacial score (nSPS) is 26.1. The Labute approximate surface area is 111 Å². The number of para-hydroxylation sites is 1. The Balaban J connectivity index is 1.86. The topological polar surface area (TPSA) is 60.2 Å². The molecule has 1 aromatic carbocycles. The number of aliphatic hydroxyl groups is 1. The van der Waals surface area contributed by atoms with Crippen LogP contribution in [-0.2, 0) is 10.3 Å². The first-order valence-electron chi connectivity index (χ1n) is 6.53. The molecule has 1 heterocycles. The zero-order valence-corrected chi connectivity index (χ0v) is 10.9. The van der Waals surface area contributed by atoms with E-state index in [1.54, 1.807) is 10.9 Å². The third-order valence-corrected chi connectivity index (χ3v) is 3.56. The maximum absolute atomic E-state index is 10.6. The summed E-state index contributed by atoms with van der Waals surface area (Å²) in [5.74, 6) is 0. The fraction of sp³-hybridized carbons (Fsp3) is 0.429. The Bertz CT molecular complexity index is 547. The molecule has 0 radical (unpaired) electrons. The number of ether oxygens (including phenoxy) is 1. The van der Waals surface area contributed by atoms with Gasteiger partial charge in [0.1, 0.15) is 5.60 Å². The monoisotopic (exact) mass is 259 g/mol. The van der Waals surface area contributed by atoms with E-state index in [2.05, 4.69) is 10.3 Å². The SMILES string of the molecule is CCOC1CC(O)(c2cnnn2-c2ccccc2)C1. The molecule has 100 valence electrons. The Morgan fingerprint density at radius 1 is 1.37 bits per heavy atom. The summed E-state index contributed by atoms with van der Waals surface area (Å²) in [6.07, 6.45) is 2.96. The van der Waals surface area contributed by atoms with Crippen LogP contribution in [-0.4, -0.2) is 32.8 Å². The average Bonchev–Trinajstić information content (AvgIpc) is 2.88. The van der Waals surface area contributed by atoms with Crippen molar-refractivity contribution in [3.05, 3.63) is 42.2 Å². The van der Waals surface area contributed by atoms with Crippen molar-refractivity contribution in [3.63, 3.8) is 0 Å². The zero-order valence-electron chi connectivity index (χ0n) is 10.9. The third kappa shape index (κ3) is 2.15. The van der Waals surface area contributed by atoms with Crippen molar-refractivity contribution in [2.45, 2.75) is 31.5 Å². The van der Waals surface area contributed by atoms with Crippen LogP contribution >= 0.6 is 0 Å². The van der Waals surface area contributed by atoms with Crippen molar-refractivity contribution in [2.24, 2.45) is 0 Å². The summed E-state index contributed by atoms with van der Waals surface area (Å²) < 4.78 is 7.20. The van der Waals surface area contributed by atoms with E-state index in [-0.39, 0.29) is 6.10 Å². The van der Waals surface area contributed by atoms with Gasteiger partial charge in [-0.05, 0) is 19.1 Å². The van der Waals surface area contributed by atoms with E-state index < -0.39 is 5.60 Å². The molecule has 19 heavy (non-hydrogen) atoms. The molecule has 0 saturated heterocycles. The lowest BCUT2D eigenvalue weighted by Gasteiger charge is -2.42. The molecule has 0 amide bonds. The molecule has 1 saturated carbocycles. The van der Waals surface area contributed by atoms with Crippen molar-refractivity contribution in [2.75, 3.05) is 6.61 Å². The molecule has 1 aromatic heterocycles. The summed E-state index contributed by atoms with van der Waals surface area (Å²) >= 11 is 0. The van der Waals surface area contributed by atoms with Gasteiger partial charge < -0.3 is 9.84 Å². The molecule has 1 aliphatic rings. The number of aromatic nitrogens is 3. The minimum Gasteiger partial charge on any atom is -0.383 e. The van der Waals surface area contributed by atoms with Crippen LogP contribution in [0.5, 0.6) is 0 Å². The van der Waals surface area contributed by atoms with Crippen molar-refractivity contribution in [3.8, 4) is 5.69 Å². The lowest BCUT2D eigenvalue weighted by atomic mass is 9.75. The summed E-state index contributed by atoms with van der Waals surface area (Å²) in [6, 6.07) is 9.72. The van der Waals surface area contributed by atoms with Crippen molar-refractivity contribution in [1.82, 2.24) is 15.0 Å². The largest absolute Gasteiger partial charge is 0.383 e. The van der Waals surface area contributed by atoms with Gasteiger partial charge in [0.2, 0.25) is 0 Å². The Morgan fingerprint density at radius 3 is 2.79 bits per heavy atom. The van der Waals surface area contributed by atoms with E-state index in [9.17, 15) is 5.11 Å². The maximum atomic E-state index is 10.6. The number of benzene rings is 1. The zero-order chi connectivity index (χ0) is 13.3. The average molecular weight is 259 g/mol. The molecule has 0 atom stereocenters. The van der Waals surface area contributed by atoms with E-state index in [0.717, 1.165) is 11.4 Å². The van der Waals surface area contributed by atoms with Crippen molar-refractivity contribution < 1.29 is 9.84 Å². The van der Waals surface area contributed by atoms with E-state index in [1.165, 1.54) is 0 Å². The van der Waals surface area contributed by atoms with Crippen LogP contribution in [0, 0.1) is 0 Å². The van der Waals surface area contributed by atoms with Crippen LogP contribution in [0.25, 0.3) is 5.69 Å². The van der Waals surface area contributed by atoms with E-state index in [0.29, 0.717) is 19.4 Å². The van der Waals surface area contributed by atoms with Crippen molar-refractivity contribution in [1.29, 1.82) is 0 Å². The summed E-state index contributed by atoms with van der Waals surface area (Å²) in [5, 5.41) is 18.6. The van der Waals surface area contributed by atoms with E-state index in [4.69, 9.17) is 4.74 Å². The number of nitrogens with zero attached hydrogens (tertiary/aromatic N) is 3. The summed E-state index contributed by atoms with van der Waals surface area (Å²) in [5.41, 5.74) is 0.761. The molecule has 2 aromatic rings. The van der Waals surface area contributed by atoms with Crippen LogP contribution in [0.2, 0.25) is 0 Å². The van der Waals surface area contributed by atoms with Crippen molar-refractivity contribution >= 4 is 0 Å². The lowest BCUT2D eigenvalue weighted by Crippen LogP contribution is -2.47. The molecule has 0 aliphatic heterocycles. The minimum absolute atomic E-state index is 0.133. The molecular weight excluding hydrogens is 242 g/mol. The summed E-state index contributed by atoms with van der Waals surface area (Å²) in [4.78, 5) is 0. The molecule has 1 fully saturated rings. The summed E-state index contributed by atoms with van der Waals surface area (Å²) in [7, 11) is 0. The smallest absolute Gasteiger partial charge is 0.113 e. The quantitative estimate of drug-likeness (QED) is 0.907. The minimum atomic E-state index is -0.876. The second kappa shape index (κ2) is 4.75. The molecule has 0 unspecified atom stereocenters. The van der Waals surface area contributed by atoms with Gasteiger partial charge in [-0.25, -0.2) is 4.68 Å². The Hall–Kier alpha value is -1.72. The molecule has 5 nitrogen and oxygen atoms in total. The van der Waals surface area contributed by atoms with Gasteiger partial charge in [-0.3, -0.25) is 0 Å². The summed E-state index contributed by atoms with van der Waals surface area (Å²) in [6.45, 7) is 2.64. The van der Waals surface area contributed by atoms with E-state index in [1.807, 2.05) is 37.3 Å². The first-order chi connectivity index (χ1) is 9.23. The number of hydrogen-bond donors (Lipinski definition) is 1. The highest BCUT2D eigenvalue weighted by atomic mass is 16.5. The predicted octanol–water partition coefficient (Wildman–Crippen LogP) is 1.65. The Kier molecular flexibility index (Phi) is 3.08. The van der Waals surface area contributed by atoms with Gasteiger partial charge in [0.25, 0.3) is 0 Å².